The fraction of sp³-hybridized carbons (Fsp3) is 0.375. The number of anilines is 1. The van der Waals surface area contributed by atoms with Crippen LogP contribution in [0.15, 0.2) is 18.3 Å². The van der Waals surface area contributed by atoms with Crippen LogP contribution in [-0.4, -0.2) is 24.1 Å². The molecular weight excluding hydrogens is 138 g/mol. The number of nitrogens with one attached hydrogen (secondary N) is 1. The van der Waals surface area contributed by atoms with Gasteiger partial charge in [-0.25, -0.2) is 5.01 Å². The lowest BCUT2D eigenvalue weighted by atomic mass is 10.3. The predicted octanol–water partition coefficient (Wildman–Crippen LogP) is 1.28. The highest BCUT2D eigenvalue weighted by Gasteiger charge is 1.92. The standard InChI is InChI=1S/C8H13N3/c1-7-6-8(4-5-9-7)10-11(2)3/h4-6H,1-3H3,(H,9,10). The Hall–Kier alpha value is -1.09. The molecule has 0 atom stereocenters. The van der Waals surface area contributed by atoms with Gasteiger partial charge in [0.05, 0.1) is 5.69 Å². The molecule has 0 unspecified atom stereocenters. The molecule has 0 aliphatic rings. The summed E-state index contributed by atoms with van der Waals surface area (Å²) in [5.74, 6) is 0. The van der Waals surface area contributed by atoms with Gasteiger partial charge < -0.3 is 5.43 Å². The van der Waals surface area contributed by atoms with Gasteiger partial charge in [-0.1, -0.05) is 0 Å². The van der Waals surface area contributed by atoms with Crippen molar-refractivity contribution >= 4 is 5.69 Å². The first-order chi connectivity index (χ1) is 5.18. The summed E-state index contributed by atoms with van der Waals surface area (Å²) in [4.78, 5) is 4.09. The molecule has 3 nitrogen and oxygen atoms in total. The molecule has 60 valence electrons. The second-order valence-electron chi connectivity index (χ2n) is 2.69. The van der Waals surface area contributed by atoms with E-state index in [2.05, 4.69) is 10.4 Å². The van der Waals surface area contributed by atoms with E-state index in [-0.39, 0.29) is 0 Å². The third-order valence-electron chi connectivity index (χ3n) is 1.25. The third-order valence-corrected chi connectivity index (χ3v) is 1.25. The van der Waals surface area contributed by atoms with Crippen molar-refractivity contribution < 1.29 is 0 Å². The molecule has 1 rings (SSSR count). The molecule has 0 aliphatic heterocycles. The van der Waals surface area contributed by atoms with Crippen LogP contribution in [0.1, 0.15) is 5.69 Å². The zero-order valence-electron chi connectivity index (χ0n) is 7.13. The molecule has 1 N–H and O–H groups in total. The summed E-state index contributed by atoms with van der Waals surface area (Å²) in [6.07, 6.45) is 1.79. The zero-order valence-corrected chi connectivity index (χ0v) is 7.13. The topological polar surface area (TPSA) is 28.2 Å². The minimum Gasteiger partial charge on any atom is -0.319 e. The largest absolute Gasteiger partial charge is 0.319 e. The van der Waals surface area contributed by atoms with E-state index in [0.717, 1.165) is 11.4 Å². The van der Waals surface area contributed by atoms with Gasteiger partial charge >= 0.3 is 0 Å². The van der Waals surface area contributed by atoms with Gasteiger partial charge in [-0.3, -0.25) is 4.98 Å². The monoisotopic (exact) mass is 151 g/mol. The maximum Gasteiger partial charge on any atom is 0.0523 e. The fourth-order valence-electron chi connectivity index (χ4n) is 0.873. The van der Waals surface area contributed by atoms with E-state index >= 15 is 0 Å². The summed E-state index contributed by atoms with van der Waals surface area (Å²) < 4.78 is 0. The molecule has 0 saturated carbocycles. The summed E-state index contributed by atoms with van der Waals surface area (Å²) in [6.45, 7) is 1.97. The van der Waals surface area contributed by atoms with Crippen molar-refractivity contribution in [1.82, 2.24) is 9.99 Å². The normalized spacial score (nSPS) is 10.2. The number of aromatic nitrogens is 1. The Labute approximate surface area is 67.0 Å². The van der Waals surface area contributed by atoms with E-state index in [1.807, 2.05) is 38.2 Å². The van der Waals surface area contributed by atoms with Crippen LogP contribution in [0.2, 0.25) is 0 Å². The van der Waals surface area contributed by atoms with Gasteiger partial charge in [0.25, 0.3) is 0 Å². The smallest absolute Gasteiger partial charge is 0.0523 e. The van der Waals surface area contributed by atoms with E-state index in [9.17, 15) is 0 Å². The SMILES string of the molecule is Cc1cc(NN(C)C)ccn1. The van der Waals surface area contributed by atoms with Crippen LogP contribution in [-0.2, 0) is 0 Å². The number of hydrogen-bond acceptors (Lipinski definition) is 3. The van der Waals surface area contributed by atoms with Crippen molar-refractivity contribution in [3.63, 3.8) is 0 Å². The molecule has 0 spiro atoms. The van der Waals surface area contributed by atoms with E-state index in [1.54, 1.807) is 6.20 Å². The maximum absolute atomic E-state index is 4.09. The van der Waals surface area contributed by atoms with Crippen LogP contribution in [0.5, 0.6) is 0 Å². The first-order valence-electron chi connectivity index (χ1n) is 3.55. The molecule has 11 heavy (non-hydrogen) atoms. The summed E-state index contributed by atoms with van der Waals surface area (Å²) in [7, 11) is 3.91. The predicted molar refractivity (Wildman–Crippen MR) is 46.3 cm³/mol. The van der Waals surface area contributed by atoms with Crippen molar-refractivity contribution in [2.75, 3.05) is 19.5 Å². The summed E-state index contributed by atoms with van der Waals surface area (Å²) in [6, 6.07) is 3.94. The Morgan fingerprint density at radius 2 is 2.18 bits per heavy atom. The lowest BCUT2D eigenvalue weighted by Crippen LogP contribution is -2.19. The highest BCUT2D eigenvalue weighted by Crippen LogP contribution is 2.06. The molecule has 0 saturated heterocycles. The molecule has 0 aromatic carbocycles. The van der Waals surface area contributed by atoms with Crippen LogP contribution in [0.3, 0.4) is 0 Å². The van der Waals surface area contributed by atoms with Crippen LogP contribution < -0.4 is 5.43 Å². The average molecular weight is 151 g/mol. The van der Waals surface area contributed by atoms with Gasteiger partial charge in [0.1, 0.15) is 0 Å². The van der Waals surface area contributed by atoms with Crippen molar-refractivity contribution in [1.29, 1.82) is 0 Å². The van der Waals surface area contributed by atoms with Gasteiger partial charge in [0.2, 0.25) is 0 Å². The molecule has 3 heteroatoms. The summed E-state index contributed by atoms with van der Waals surface area (Å²) in [5, 5.41) is 1.90. The molecule has 0 amide bonds. The highest BCUT2D eigenvalue weighted by molar-refractivity contribution is 5.41. The van der Waals surface area contributed by atoms with E-state index < -0.39 is 0 Å². The van der Waals surface area contributed by atoms with Gasteiger partial charge in [-0.05, 0) is 19.1 Å². The molecule has 0 aliphatic carbocycles. The summed E-state index contributed by atoms with van der Waals surface area (Å²) >= 11 is 0. The zero-order chi connectivity index (χ0) is 8.27. The Bertz CT molecular complexity index is 233. The molecule has 0 radical (unpaired) electrons. The van der Waals surface area contributed by atoms with Crippen molar-refractivity contribution in [2.45, 2.75) is 6.92 Å². The van der Waals surface area contributed by atoms with Gasteiger partial charge in [0.15, 0.2) is 0 Å². The summed E-state index contributed by atoms with van der Waals surface area (Å²) in [5.41, 5.74) is 5.24. The Balaban J connectivity index is 2.71. The minimum atomic E-state index is 1.02. The van der Waals surface area contributed by atoms with E-state index in [1.165, 1.54) is 0 Å². The second kappa shape index (κ2) is 3.34. The van der Waals surface area contributed by atoms with Crippen molar-refractivity contribution in [2.24, 2.45) is 0 Å². The van der Waals surface area contributed by atoms with Crippen molar-refractivity contribution in [3.05, 3.63) is 24.0 Å². The number of nitrogens with zero attached hydrogens (tertiary/aromatic N) is 2. The van der Waals surface area contributed by atoms with Gasteiger partial charge in [-0.15, -0.1) is 0 Å². The van der Waals surface area contributed by atoms with Crippen LogP contribution >= 0.6 is 0 Å². The first kappa shape index (κ1) is 8.01. The molecule has 0 bridgehead atoms. The highest BCUT2D eigenvalue weighted by atomic mass is 15.5. The number of rotatable bonds is 2. The number of aryl methyl sites for hydroxylation is 1. The number of hydrogen-bond donors (Lipinski definition) is 1. The lowest BCUT2D eigenvalue weighted by Gasteiger charge is -2.12. The van der Waals surface area contributed by atoms with Gasteiger partial charge in [0, 0.05) is 26.0 Å². The molecule has 1 heterocycles. The Morgan fingerprint density at radius 3 is 2.73 bits per heavy atom. The average Bonchev–Trinajstić information content (AvgIpc) is 1.85. The Kier molecular flexibility index (Phi) is 2.44. The molecular formula is C8H13N3. The van der Waals surface area contributed by atoms with Crippen LogP contribution in [0.4, 0.5) is 5.69 Å². The number of pyridine rings is 1. The third kappa shape index (κ3) is 2.55. The fourth-order valence-corrected chi connectivity index (χ4v) is 0.873. The molecule has 0 fully saturated rings. The quantitative estimate of drug-likeness (QED) is 0.645. The van der Waals surface area contributed by atoms with Crippen LogP contribution in [0.25, 0.3) is 0 Å². The van der Waals surface area contributed by atoms with Gasteiger partial charge in [-0.2, -0.15) is 0 Å². The molecule has 1 aromatic rings. The number of hydrazine groups is 1. The molecule has 1 aromatic heterocycles. The van der Waals surface area contributed by atoms with Crippen LogP contribution in [0, 0.1) is 6.92 Å². The van der Waals surface area contributed by atoms with E-state index in [4.69, 9.17) is 0 Å². The Morgan fingerprint density at radius 1 is 1.45 bits per heavy atom. The maximum atomic E-state index is 4.09. The second-order valence-corrected chi connectivity index (χ2v) is 2.69. The van der Waals surface area contributed by atoms with E-state index in [0.29, 0.717) is 0 Å². The minimum absolute atomic E-state index is 1.02. The first-order valence-corrected chi connectivity index (χ1v) is 3.55. The lowest BCUT2D eigenvalue weighted by molar-refractivity contribution is 0.495. The van der Waals surface area contributed by atoms with Crippen molar-refractivity contribution in [3.8, 4) is 0 Å².